The number of ketones is 1. The molecule has 0 unspecified atom stereocenters. The van der Waals surface area contributed by atoms with E-state index in [1.807, 2.05) is 83.2 Å². The number of aliphatic imine (C=N–C) groups is 1. The summed E-state index contributed by atoms with van der Waals surface area (Å²) < 4.78 is 28.8. The minimum Gasteiger partial charge on any atom is -0.457 e. The van der Waals surface area contributed by atoms with E-state index in [1.165, 1.54) is 6.92 Å². The molecule has 1 aromatic carbocycles. The van der Waals surface area contributed by atoms with Gasteiger partial charge in [0.15, 0.2) is 5.78 Å². The molecule has 0 aliphatic carbocycles. The zero-order valence-electron chi connectivity index (χ0n) is 29.4. The largest absolute Gasteiger partial charge is 0.457 e. The number of nitrogens with zero attached hydrogens (tertiary/aromatic N) is 1. The maximum atomic E-state index is 16.3. The molecule has 0 aromatic heterocycles. The molecule has 2 aliphatic heterocycles. The predicted molar refractivity (Wildman–Crippen MR) is 180 cm³/mol. The Morgan fingerprint density at radius 3 is 2.30 bits per heavy atom. The molecule has 2 saturated heterocycles. The Morgan fingerprint density at radius 2 is 1.72 bits per heavy atom. The highest BCUT2D eigenvalue weighted by Gasteiger charge is 2.57. The summed E-state index contributed by atoms with van der Waals surface area (Å²) in [4.78, 5) is 44.3. The molecule has 0 spiro atoms. The van der Waals surface area contributed by atoms with Gasteiger partial charge in [0.1, 0.15) is 11.7 Å². The minimum absolute atomic E-state index is 0.186. The van der Waals surface area contributed by atoms with Crippen LogP contribution in [0, 0.1) is 29.1 Å². The minimum atomic E-state index is -2.94. The summed E-state index contributed by atoms with van der Waals surface area (Å²) in [5.74, 6) is -4.80. The molecule has 2 aliphatic rings. The number of esters is 1. The fraction of sp³-hybridized carbons (Fsp3) is 0.632. The number of fused-ring (bicyclic) bond motifs is 5. The van der Waals surface area contributed by atoms with Crippen molar-refractivity contribution in [1.29, 1.82) is 0 Å². The molecular weight excluding hydrogens is 585 g/mol. The van der Waals surface area contributed by atoms with E-state index in [1.54, 1.807) is 20.8 Å². The van der Waals surface area contributed by atoms with Crippen LogP contribution < -0.4 is 0 Å². The van der Waals surface area contributed by atoms with Crippen molar-refractivity contribution < 1.29 is 33.4 Å². The molecule has 8 heteroatoms. The number of carbonyl (C=O) groups excluding carboxylic acids is 3. The van der Waals surface area contributed by atoms with Gasteiger partial charge in [-0.25, -0.2) is 14.2 Å². The van der Waals surface area contributed by atoms with Gasteiger partial charge in [0.25, 0.3) is 5.67 Å². The molecule has 2 heterocycles. The Bertz CT molecular complexity index is 1360. The van der Waals surface area contributed by atoms with Crippen molar-refractivity contribution in [3.05, 3.63) is 53.6 Å². The molecule has 0 saturated carbocycles. The van der Waals surface area contributed by atoms with Gasteiger partial charge in [-0.3, -0.25) is 9.59 Å². The fourth-order valence-corrected chi connectivity index (χ4v) is 7.34. The van der Waals surface area contributed by atoms with Crippen LogP contribution in [-0.2, 0) is 23.9 Å². The third kappa shape index (κ3) is 7.76. The average molecular weight is 640 g/mol. The van der Waals surface area contributed by atoms with E-state index in [0.29, 0.717) is 25.0 Å². The van der Waals surface area contributed by atoms with Crippen LogP contribution in [0.25, 0.3) is 6.08 Å². The molecule has 1 aromatic rings. The maximum absolute atomic E-state index is 16.3. The zero-order chi connectivity index (χ0) is 34.7. The summed E-state index contributed by atoms with van der Waals surface area (Å²) in [6.07, 6.45) is 6.41. The molecule has 2 fully saturated rings. The summed E-state index contributed by atoms with van der Waals surface area (Å²) in [6, 6.07) is 9.93. The topological polar surface area (TPSA) is 102 Å². The second-order valence-corrected chi connectivity index (χ2v) is 14.5. The van der Waals surface area contributed by atoms with Crippen molar-refractivity contribution in [1.82, 2.24) is 0 Å². The van der Waals surface area contributed by atoms with E-state index in [9.17, 15) is 19.5 Å². The van der Waals surface area contributed by atoms with Crippen molar-refractivity contribution >= 4 is 29.4 Å². The SMILES string of the molecule is CC[C@H]1OC(=O)[C@@](C)(F)C(=O)[C@H](C)C(C)(C)[C@@]2(C)C[C@@H](C)C(=NC(C)=O)[C@H](C)[C@@H](CC/C(=C\C=C\c3ccccc3)CO2)[C@]1(C)O. The third-order valence-corrected chi connectivity index (χ3v) is 11.0. The van der Waals surface area contributed by atoms with E-state index in [2.05, 4.69) is 4.99 Å². The van der Waals surface area contributed by atoms with E-state index in [-0.39, 0.29) is 24.9 Å². The van der Waals surface area contributed by atoms with Gasteiger partial charge in [0, 0.05) is 29.9 Å². The molecule has 8 atom stereocenters. The number of ether oxygens (including phenoxy) is 2. The first-order valence-electron chi connectivity index (χ1n) is 16.6. The molecule has 46 heavy (non-hydrogen) atoms. The molecule has 254 valence electrons. The monoisotopic (exact) mass is 639 g/mol. The maximum Gasteiger partial charge on any atom is 0.351 e. The van der Waals surface area contributed by atoms with Gasteiger partial charge < -0.3 is 14.6 Å². The first-order valence-corrected chi connectivity index (χ1v) is 16.6. The summed E-state index contributed by atoms with van der Waals surface area (Å²) in [5, 5.41) is 12.3. The standard InChI is InChI=1S/C38H54FNO6/c1-11-31-38(10,44)30-21-20-29(19-15-18-28-16-13-12-14-17-28)23-45-36(8,22-24(2)32(25(30)3)40-27(5)41)35(6,7)26(4)33(42)37(9,39)34(43)46-31/h12-19,24-26,30-31,44H,11,20-23H2,1-10H3/b18-15+,29-19+,40-32?/t24-,25-,26+,30-,31-,36-,37+,38+/m1/s1. The second-order valence-electron chi connectivity index (χ2n) is 14.5. The summed E-state index contributed by atoms with van der Waals surface area (Å²) in [7, 11) is 0. The number of cyclic esters (lactones) is 1. The first-order chi connectivity index (χ1) is 21.3. The van der Waals surface area contributed by atoms with Gasteiger partial charge in [0.05, 0.1) is 12.2 Å². The predicted octanol–water partition coefficient (Wildman–Crippen LogP) is 7.51. The van der Waals surface area contributed by atoms with Crippen molar-refractivity contribution in [3.8, 4) is 0 Å². The zero-order valence-corrected chi connectivity index (χ0v) is 29.4. The van der Waals surface area contributed by atoms with Crippen molar-refractivity contribution in [2.24, 2.45) is 34.1 Å². The highest BCUT2D eigenvalue weighted by Crippen LogP contribution is 2.49. The van der Waals surface area contributed by atoms with Crippen molar-refractivity contribution in [2.75, 3.05) is 6.61 Å². The first kappa shape index (κ1) is 37.5. The van der Waals surface area contributed by atoms with E-state index in [4.69, 9.17) is 9.47 Å². The Balaban J connectivity index is 2.33. The number of hydrogen-bond acceptors (Lipinski definition) is 6. The molecule has 3 rings (SSSR count). The smallest absolute Gasteiger partial charge is 0.351 e. The highest BCUT2D eigenvalue weighted by molar-refractivity contribution is 6.08. The quantitative estimate of drug-likeness (QED) is 0.271. The number of alkyl halides is 1. The lowest BCUT2D eigenvalue weighted by Crippen LogP contribution is -2.58. The van der Waals surface area contributed by atoms with Gasteiger partial charge in [-0.15, -0.1) is 0 Å². The van der Waals surface area contributed by atoms with Crippen LogP contribution in [0.3, 0.4) is 0 Å². The Labute approximate surface area is 274 Å². The number of benzene rings is 1. The molecule has 0 radical (unpaired) electrons. The van der Waals surface area contributed by atoms with Crippen molar-refractivity contribution in [3.63, 3.8) is 0 Å². The summed E-state index contributed by atoms with van der Waals surface area (Å²) in [6.45, 7) is 17.1. The van der Waals surface area contributed by atoms with Crippen LogP contribution in [-0.4, -0.2) is 58.1 Å². The van der Waals surface area contributed by atoms with Crippen molar-refractivity contribution in [2.45, 2.75) is 118 Å². The van der Waals surface area contributed by atoms with Crippen LogP contribution >= 0.6 is 0 Å². The van der Waals surface area contributed by atoms with Gasteiger partial charge in [-0.1, -0.05) is 90.1 Å². The van der Waals surface area contributed by atoms with Gasteiger partial charge >= 0.3 is 5.97 Å². The number of carbonyl (C=O) groups is 3. The van der Waals surface area contributed by atoms with Gasteiger partial charge in [-0.05, 0) is 69.4 Å². The lowest BCUT2D eigenvalue weighted by molar-refractivity contribution is -0.189. The molecule has 1 amide bonds. The molecule has 2 bridgehead atoms. The number of allylic oxidation sites excluding steroid dienone is 2. The Hall–Kier alpha value is -2.97. The van der Waals surface area contributed by atoms with Crippen LogP contribution in [0.1, 0.15) is 100 Å². The van der Waals surface area contributed by atoms with Crippen LogP contribution in [0.2, 0.25) is 0 Å². The number of hydrogen-bond donors (Lipinski definition) is 1. The van der Waals surface area contributed by atoms with Gasteiger partial charge in [0.2, 0.25) is 5.91 Å². The van der Waals surface area contributed by atoms with Crippen LogP contribution in [0.4, 0.5) is 4.39 Å². The number of rotatable bonds is 3. The molecule has 7 nitrogen and oxygen atoms in total. The van der Waals surface area contributed by atoms with E-state index < -0.39 is 57.9 Å². The number of halogens is 1. The van der Waals surface area contributed by atoms with E-state index in [0.717, 1.165) is 18.1 Å². The number of amides is 1. The average Bonchev–Trinajstić information content (AvgIpc) is 3.00. The second kappa shape index (κ2) is 14.4. The lowest BCUT2D eigenvalue weighted by Gasteiger charge is -2.50. The third-order valence-electron chi connectivity index (χ3n) is 11.0. The Morgan fingerprint density at radius 1 is 1.09 bits per heavy atom. The fourth-order valence-electron chi connectivity index (χ4n) is 7.34. The van der Waals surface area contributed by atoms with Crippen LogP contribution in [0.15, 0.2) is 53.0 Å². The molecule has 1 N–H and O–H groups in total. The Kier molecular flexibility index (Phi) is 11.8. The van der Waals surface area contributed by atoms with Gasteiger partial charge in [-0.2, -0.15) is 0 Å². The van der Waals surface area contributed by atoms with Crippen LogP contribution in [0.5, 0.6) is 0 Å². The van der Waals surface area contributed by atoms with E-state index >= 15 is 4.39 Å². The molecular formula is C38H54FNO6. The highest BCUT2D eigenvalue weighted by atomic mass is 19.1. The lowest BCUT2D eigenvalue weighted by atomic mass is 9.61. The number of Topliss-reactive ketones (excluding diaryl/α,β-unsaturated/α-hetero) is 1. The normalized spacial score (nSPS) is 38.2. The summed E-state index contributed by atoms with van der Waals surface area (Å²) >= 11 is 0. The summed E-state index contributed by atoms with van der Waals surface area (Å²) in [5.41, 5.74) is -3.97. The number of aliphatic hydroxyl groups is 1.